The van der Waals surface area contributed by atoms with Crippen LogP contribution >= 0.6 is 0 Å². The molecule has 0 bridgehead atoms. The highest BCUT2D eigenvalue weighted by molar-refractivity contribution is 5.84. The quantitative estimate of drug-likeness (QED) is 0.842. The maximum absolute atomic E-state index is 12.6. The molecule has 0 unspecified atom stereocenters. The summed E-state index contributed by atoms with van der Waals surface area (Å²) in [4.78, 5) is 12.2. The molecule has 1 aromatic carbocycles. The van der Waals surface area contributed by atoms with Gasteiger partial charge in [0, 0.05) is 13.1 Å². The maximum Gasteiger partial charge on any atom is 0.471 e. The number of methoxy groups -OCH3 is 2. The van der Waals surface area contributed by atoms with Crippen molar-refractivity contribution in [3.63, 3.8) is 0 Å². The Morgan fingerprint density at radius 2 is 1.82 bits per heavy atom. The third-order valence-electron chi connectivity index (χ3n) is 3.55. The normalized spacial score (nSPS) is 15.1. The Hall–Kier alpha value is -2.18. The first-order valence-corrected chi connectivity index (χ1v) is 6.57. The van der Waals surface area contributed by atoms with Crippen LogP contribution < -0.4 is 9.47 Å². The Labute approximate surface area is 126 Å². The third kappa shape index (κ3) is 3.03. The number of benzene rings is 1. The van der Waals surface area contributed by atoms with Gasteiger partial charge >= 0.3 is 12.1 Å². The van der Waals surface area contributed by atoms with Gasteiger partial charge in [-0.05, 0) is 35.3 Å². The van der Waals surface area contributed by atoms with Gasteiger partial charge < -0.3 is 14.4 Å². The minimum atomic E-state index is -4.88. The van der Waals surface area contributed by atoms with E-state index in [9.17, 15) is 18.0 Å². The molecule has 1 aliphatic rings. The molecule has 0 fully saturated rings. The van der Waals surface area contributed by atoms with Crippen molar-refractivity contribution in [1.29, 1.82) is 0 Å². The van der Waals surface area contributed by atoms with Gasteiger partial charge in [0.1, 0.15) is 0 Å². The lowest BCUT2D eigenvalue weighted by Crippen LogP contribution is -2.42. The Balaban J connectivity index is 2.35. The van der Waals surface area contributed by atoms with Gasteiger partial charge in [0.2, 0.25) is 0 Å². The van der Waals surface area contributed by atoms with Crippen molar-refractivity contribution in [1.82, 2.24) is 4.90 Å². The number of carbonyl (C=O) groups is 1. The number of amides is 1. The summed E-state index contributed by atoms with van der Waals surface area (Å²) < 4.78 is 48.2. The van der Waals surface area contributed by atoms with Gasteiger partial charge in [-0.15, -0.1) is 0 Å². The summed E-state index contributed by atoms with van der Waals surface area (Å²) >= 11 is 0. The fourth-order valence-corrected chi connectivity index (χ4v) is 2.46. The summed E-state index contributed by atoms with van der Waals surface area (Å²) in [5, 5.41) is 0. The zero-order chi connectivity index (χ0) is 16.5. The van der Waals surface area contributed by atoms with Crippen LogP contribution in [0.25, 0.3) is 5.57 Å². The lowest BCUT2D eigenvalue weighted by Gasteiger charge is -2.22. The first-order chi connectivity index (χ1) is 10.3. The van der Waals surface area contributed by atoms with E-state index in [4.69, 9.17) is 9.47 Å². The number of ether oxygens (including phenoxy) is 2. The molecule has 0 saturated heterocycles. The van der Waals surface area contributed by atoms with Crippen molar-refractivity contribution in [2.45, 2.75) is 12.6 Å². The van der Waals surface area contributed by atoms with Crippen LogP contribution in [0.3, 0.4) is 0 Å². The van der Waals surface area contributed by atoms with E-state index >= 15 is 0 Å². The van der Waals surface area contributed by atoms with Crippen LogP contribution in [0, 0.1) is 0 Å². The molecule has 0 atom stereocenters. The van der Waals surface area contributed by atoms with E-state index in [2.05, 4.69) is 6.58 Å². The molecule has 0 saturated carbocycles. The van der Waals surface area contributed by atoms with Gasteiger partial charge in [-0.1, -0.05) is 6.58 Å². The molecule has 1 heterocycles. The second-order valence-electron chi connectivity index (χ2n) is 4.94. The Morgan fingerprint density at radius 1 is 1.23 bits per heavy atom. The molecule has 1 aliphatic heterocycles. The number of hydrogen-bond acceptors (Lipinski definition) is 3. The lowest BCUT2D eigenvalue weighted by atomic mass is 9.99. The van der Waals surface area contributed by atoms with Crippen molar-refractivity contribution < 1.29 is 27.4 Å². The van der Waals surface area contributed by atoms with Crippen molar-refractivity contribution in [3.05, 3.63) is 29.8 Å². The number of alkyl halides is 3. The first-order valence-electron chi connectivity index (χ1n) is 6.57. The van der Waals surface area contributed by atoms with Crippen LogP contribution in [0.2, 0.25) is 0 Å². The number of carbonyl (C=O) groups excluding carboxylic acids is 1. The molecule has 0 radical (unpaired) electrons. The van der Waals surface area contributed by atoms with Gasteiger partial charge in [0.15, 0.2) is 11.5 Å². The highest BCUT2D eigenvalue weighted by Crippen LogP contribution is 2.35. The molecule has 1 aromatic rings. The summed E-state index contributed by atoms with van der Waals surface area (Å²) in [6.07, 6.45) is -4.59. The standard InChI is InChI=1S/C15H16F3NO3/c1-9-8-19(14(20)15(16,17)18)5-4-10-6-12(21-2)13(22-3)7-11(9)10/h6-7H,1,4-5,8H2,2-3H3. The summed E-state index contributed by atoms with van der Waals surface area (Å²) in [6, 6.07) is 3.39. The minimum Gasteiger partial charge on any atom is -0.493 e. The van der Waals surface area contributed by atoms with E-state index in [0.29, 0.717) is 22.6 Å². The van der Waals surface area contributed by atoms with Crippen LogP contribution in [-0.4, -0.2) is 44.3 Å². The molecule has 0 aromatic heterocycles. The molecule has 4 nitrogen and oxygen atoms in total. The highest BCUT2D eigenvalue weighted by atomic mass is 19.4. The average Bonchev–Trinajstić information content (AvgIpc) is 2.63. The Kier molecular flexibility index (Phi) is 4.35. The number of nitrogens with zero attached hydrogens (tertiary/aromatic N) is 1. The zero-order valence-electron chi connectivity index (χ0n) is 12.3. The van der Waals surface area contributed by atoms with E-state index in [1.54, 1.807) is 12.1 Å². The zero-order valence-corrected chi connectivity index (χ0v) is 12.3. The minimum absolute atomic E-state index is 0.0279. The number of fused-ring (bicyclic) bond motifs is 1. The van der Waals surface area contributed by atoms with Crippen LogP contribution in [0.4, 0.5) is 13.2 Å². The average molecular weight is 315 g/mol. The first kappa shape index (κ1) is 16.2. The molecule has 0 N–H and O–H groups in total. The Bertz CT molecular complexity index is 611. The van der Waals surface area contributed by atoms with Crippen LogP contribution in [0.5, 0.6) is 11.5 Å². The molecule has 2 rings (SSSR count). The van der Waals surface area contributed by atoms with Crippen molar-refractivity contribution in [2.75, 3.05) is 27.3 Å². The van der Waals surface area contributed by atoms with Crippen LogP contribution in [0.15, 0.2) is 18.7 Å². The number of rotatable bonds is 2. The fraction of sp³-hybridized carbons (Fsp3) is 0.400. The SMILES string of the molecule is C=C1CN(C(=O)C(F)(F)F)CCc2cc(OC)c(OC)cc21. The summed E-state index contributed by atoms with van der Waals surface area (Å²) in [5.74, 6) is -0.886. The van der Waals surface area contributed by atoms with Crippen LogP contribution in [-0.2, 0) is 11.2 Å². The van der Waals surface area contributed by atoms with Gasteiger partial charge in [0.05, 0.1) is 14.2 Å². The molecule has 1 amide bonds. The van der Waals surface area contributed by atoms with E-state index in [0.717, 1.165) is 10.5 Å². The molecule has 7 heteroatoms. The van der Waals surface area contributed by atoms with Crippen LogP contribution in [0.1, 0.15) is 11.1 Å². The van der Waals surface area contributed by atoms with Crippen molar-refractivity contribution in [2.24, 2.45) is 0 Å². The van der Waals surface area contributed by atoms with E-state index in [1.165, 1.54) is 14.2 Å². The fourth-order valence-electron chi connectivity index (χ4n) is 2.46. The molecule has 120 valence electrons. The largest absolute Gasteiger partial charge is 0.493 e. The number of halogens is 3. The molecular formula is C15H16F3NO3. The molecule has 0 spiro atoms. The predicted octanol–water partition coefficient (Wildman–Crippen LogP) is 2.66. The maximum atomic E-state index is 12.6. The molecular weight excluding hydrogens is 299 g/mol. The van der Waals surface area contributed by atoms with E-state index in [-0.39, 0.29) is 19.5 Å². The second-order valence-corrected chi connectivity index (χ2v) is 4.94. The Morgan fingerprint density at radius 3 is 2.36 bits per heavy atom. The smallest absolute Gasteiger partial charge is 0.471 e. The highest BCUT2D eigenvalue weighted by Gasteiger charge is 2.43. The van der Waals surface area contributed by atoms with Gasteiger partial charge in [-0.3, -0.25) is 4.79 Å². The van der Waals surface area contributed by atoms with Gasteiger partial charge in [-0.25, -0.2) is 0 Å². The van der Waals surface area contributed by atoms with Gasteiger partial charge in [0.25, 0.3) is 0 Å². The van der Waals surface area contributed by atoms with Gasteiger partial charge in [-0.2, -0.15) is 13.2 Å². The molecule has 0 aliphatic carbocycles. The summed E-state index contributed by atoms with van der Waals surface area (Å²) in [5.41, 5.74) is 1.90. The van der Waals surface area contributed by atoms with E-state index in [1.807, 2.05) is 0 Å². The lowest BCUT2D eigenvalue weighted by molar-refractivity contribution is -0.184. The summed E-state index contributed by atoms with van der Waals surface area (Å²) in [6.45, 7) is 3.61. The number of hydrogen-bond donors (Lipinski definition) is 0. The second kappa shape index (κ2) is 5.90. The van der Waals surface area contributed by atoms with E-state index < -0.39 is 12.1 Å². The monoisotopic (exact) mass is 315 g/mol. The topological polar surface area (TPSA) is 38.8 Å². The predicted molar refractivity (Wildman–Crippen MR) is 74.9 cm³/mol. The summed E-state index contributed by atoms with van der Waals surface area (Å²) in [7, 11) is 2.96. The van der Waals surface area contributed by atoms with Crippen molar-refractivity contribution >= 4 is 11.5 Å². The third-order valence-corrected chi connectivity index (χ3v) is 3.55. The van der Waals surface area contributed by atoms with Crippen molar-refractivity contribution in [3.8, 4) is 11.5 Å². The molecule has 22 heavy (non-hydrogen) atoms.